The Morgan fingerprint density at radius 3 is 2.85 bits per heavy atom. The highest BCUT2D eigenvalue weighted by Gasteiger charge is 2.51. The van der Waals surface area contributed by atoms with Crippen LogP contribution >= 0.6 is 0 Å². The quantitative estimate of drug-likeness (QED) is 0.161. The van der Waals surface area contributed by atoms with Crippen molar-refractivity contribution in [3.05, 3.63) is 0 Å². The molecule has 3 unspecified atom stereocenters. The minimum absolute atomic E-state index is 0.000694. The molecule has 0 aromatic heterocycles. The zero-order valence-electron chi connectivity index (χ0n) is 16.0. The zero-order chi connectivity index (χ0) is 19.9. The van der Waals surface area contributed by atoms with Crippen LogP contribution in [0.15, 0.2) is 0 Å². The number of hydrogen-bond donors (Lipinski definition) is 8. The number of ether oxygens (including phenoxy) is 1. The number of unbranched alkanes of at least 4 members (excludes halogenated alkanes) is 3. The second-order valence-electron chi connectivity index (χ2n) is 7.30. The van der Waals surface area contributed by atoms with Crippen molar-refractivity contribution in [3.63, 3.8) is 0 Å². The van der Waals surface area contributed by atoms with Gasteiger partial charge in [0.25, 0.3) is 0 Å². The predicted molar refractivity (Wildman–Crippen MR) is 99.3 cm³/mol. The molecule has 10 N–H and O–H groups in total. The summed E-state index contributed by atoms with van der Waals surface area (Å²) in [5.74, 6) is -1.22. The lowest BCUT2D eigenvalue weighted by molar-refractivity contribution is -0.567. The van der Waals surface area contributed by atoms with Crippen molar-refractivity contribution in [3.8, 4) is 0 Å². The lowest BCUT2D eigenvalue weighted by Crippen LogP contribution is -2.92. The molecule has 0 radical (unpaired) electrons. The molecule has 10 nitrogen and oxygen atoms in total. The van der Waals surface area contributed by atoms with Crippen molar-refractivity contribution in [2.75, 3.05) is 13.2 Å². The van der Waals surface area contributed by atoms with Crippen molar-refractivity contribution in [1.82, 2.24) is 10.6 Å². The lowest BCUT2D eigenvalue weighted by Gasteiger charge is -2.29. The predicted octanol–water partition coefficient (Wildman–Crippen LogP) is -4.30. The van der Waals surface area contributed by atoms with Gasteiger partial charge in [0.2, 0.25) is 11.6 Å². The standard InChI is InChI=1S/C17H32N6O4/c1-2-3-4-5-9-20-16(24)27-10-11-13-14(23-15(19)22-13)17(25,26)8-6-7-12(18)21-11/h11,13-14,25-26H,2-10H2,1H3,(H2,18,21)(H,20,24)(H3,19,22,23)/p+2. The molecule has 2 aliphatic rings. The summed E-state index contributed by atoms with van der Waals surface area (Å²) < 4.78 is 5.32. The van der Waals surface area contributed by atoms with Crippen LogP contribution in [0.1, 0.15) is 51.9 Å². The Kier molecular flexibility index (Phi) is 7.66. The molecule has 0 aliphatic carbocycles. The maximum Gasteiger partial charge on any atom is 0.407 e. The summed E-state index contributed by atoms with van der Waals surface area (Å²) in [6.07, 6.45) is 4.87. The van der Waals surface area contributed by atoms with Gasteiger partial charge in [0.15, 0.2) is 18.1 Å². The highest BCUT2D eigenvalue weighted by Crippen LogP contribution is 2.18. The molecule has 0 saturated carbocycles. The summed E-state index contributed by atoms with van der Waals surface area (Å²) in [5, 5.41) is 26.6. The largest absolute Gasteiger partial charge is 0.445 e. The summed E-state index contributed by atoms with van der Waals surface area (Å²) in [5.41, 5.74) is 11.8. The second-order valence-corrected chi connectivity index (χ2v) is 7.30. The number of carbonyl (C=O) groups is 1. The Labute approximate surface area is 159 Å². The number of amides is 1. The van der Waals surface area contributed by atoms with Gasteiger partial charge in [0.05, 0.1) is 0 Å². The van der Waals surface area contributed by atoms with Gasteiger partial charge in [-0.25, -0.2) is 4.79 Å². The number of aliphatic hydroxyl groups is 2. The van der Waals surface area contributed by atoms with Gasteiger partial charge >= 0.3 is 12.1 Å². The van der Waals surface area contributed by atoms with Crippen molar-refractivity contribution in [1.29, 1.82) is 0 Å². The molecule has 0 aromatic carbocycles. The topological polar surface area (TPSA) is 171 Å². The van der Waals surface area contributed by atoms with E-state index >= 15 is 0 Å². The third-order valence-electron chi connectivity index (χ3n) is 4.98. The van der Waals surface area contributed by atoms with E-state index in [0.717, 1.165) is 25.7 Å². The van der Waals surface area contributed by atoms with E-state index in [0.29, 0.717) is 25.2 Å². The fourth-order valence-corrected chi connectivity index (χ4v) is 3.50. The monoisotopic (exact) mass is 386 g/mol. The number of amidine groups is 1. The Morgan fingerprint density at radius 1 is 1.33 bits per heavy atom. The summed E-state index contributed by atoms with van der Waals surface area (Å²) in [6.45, 7) is 2.69. The van der Waals surface area contributed by atoms with Crippen LogP contribution in [0, 0.1) is 0 Å². The normalized spacial score (nSPS) is 27.1. The summed E-state index contributed by atoms with van der Waals surface area (Å²) in [6, 6.07) is -1.76. The van der Waals surface area contributed by atoms with Gasteiger partial charge < -0.3 is 20.3 Å². The Morgan fingerprint density at radius 2 is 2.11 bits per heavy atom. The number of alkyl carbamates (subject to hydrolysis) is 1. The Bertz CT molecular complexity index is 566. The van der Waals surface area contributed by atoms with Crippen LogP contribution in [-0.2, 0) is 4.74 Å². The third-order valence-corrected chi connectivity index (χ3v) is 4.98. The molecule has 27 heavy (non-hydrogen) atoms. The molecule has 2 aliphatic heterocycles. The number of guanidine groups is 1. The minimum Gasteiger partial charge on any atom is -0.445 e. The van der Waals surface area contributed by atoms with Crippen molar-refractivity contribution in [2.24, 2.45) is 11.5 Å². The summed E-state index contributed by atoms with van der Waals surface area (Å²) in [7, 11) is 0. The van der Waals surface area contributed by atoms with Crippen LogP contribution in [0.3, 0.4) is 0 Å². The van der Waals surface area contributed by atoms with E-state index in [1.807, 2.05) is 0 Å². The van der Waals surface area contributed by atoms with Gasteiger partial charge in [0.1, 0.15) is 6.61 Å². The molecule has 0 bridgehead atoms. The Hall–Kier alpha value is -2.07. The number of fused-ring (bicyclic) bond motifs is 1. The summed E-state index contributed by atoms with van der Waals surface area (Å²) >= 11 is 0. The molecular formula is C17H34N6O4+2. The molecular weight excluding hydrogens is 352 g/mol. The van der Waals surface area contributed by atoms with Gasteiger partial charge in [-0.2, -0.15) is 0 Å². The van der Waals surface area contributed by atoms with Crippen molar-refractivity contribution in [2.45, 2.75) is 75.8 Å². The van der Waals surface area contributed by atoms with E-state index in [4.69, 9.17) is 16.2 Å². The van der Waals surface area contributed by atoms with Crippen LogP contribution in [-0.4, -0.2) is 65.2 Å². The van der Waals surface area contributed by atoms with E-state index in [1.54, 1.807) is 0 Å². The molecule has 0 saturated heterocycles. The molecule has 10 heteroatoms. The maximum absolute atomic E-state index is 11.9. The molecule has 1 amide bonds. The molecule has 2 rings (SSSR count). The fraction of sp³-hybridized carbons (Fsp3) is 0.824. The Balaban J connectivity index is 1.96. The molecule has 0 spiro atoms. The first-order valence-electron chi connectivity index (χ1n) is 9.72. The average Bonchev–Trinajstić information content (AvgIpc) is 3.01. The van der Waals surface area contributed by atoms with Gasteiger partial charge in [0, 0.05) is 19.4 Å². The second kappa shape index (κ2) is 9.75. The molecule has 0 fully saturated rings. The zero-order valence-corrected chi connectivity index (χ0v) is 16.0. The first-order valence-corrected chi connectivity index (χ1v) is 9.72. The average molecular weight is 386 g/mol. The molecule has 3 atom stereocenters. The van der Waals surface area contributed by atoms with Crippen LogP contribution in [0.2, 0.25) is 0 Å². The lowest BCUT2D eigenvalue weighted by atomic mass is 9.92. The SMILES string of the molecule is CCCCCCNC(=O)OCC1[NH+]=C(N)CCCC(O)(O)C2[NH+]=C(N)NC12. The van der Waals surface area contributed by atoms with Gasteiger partial charge in [-0.15, -0.1) is 0 Å². The molecule has 154 valence electrons. The van der Waals surface area contributed by atoms with Crippen molar-refractivity contribution < 1.29 is 29.7 Å². The van der Waals surface area contributed by atoms with E-state index in [1.165, 1.54) is 0 Å². The van der Waals surface area contributed by atoms with E-state index in [2.05, 4.69) is 27.5 Å². The third kappa shape index (κ3) is 6.24. The highest BCUT2D eigenvalue weighted by atomic mass is 16.5. The first-order chi connectivity index (χ1) is 12.8. The van der Waals surface area contributed by atoms with E-state index < -0.39 is 30.0 Å². The minimum atomic E-state index is -1.97. The number of carbonyl (C=O) groups excluding carboxylic acids is 1. The van der Waals surface area contributed by atoms with Crippen LogP contribution in [0.25, 0.3) is 0 Å². The van der Waals surface area contributed by atoms with Crippen molar-refractivity contribution >= 4 is 17.9 Å². The number of nitrogens with two attached hydrogens (primary N) is 2. The molecule has 0 aromatic rings. The molecule has 2 heterocycles. The van der Waals surface area contributed by atoms with Crippen LogP contribution < -0.4 is 32.1 Å². The maximum atomic E-state index is 11.9. The van der Waals surface area contributed by atoms with Crippen LogP contribution in [0.5, 0.6) is 0 Å². The number of nitrogens with one attached hydrogen (secondary N) is 4. The smallest absolute Gasteiger partial charge is 0.407 e. The highest BCUT2D eigenvalue weighted by molar-refractivity contribution is 5.75. The van der Waals surface area contributed by atoms with Gasteiger partial charge in [-0.05, 0) is 12.8 Å². The number of hydrogen-bond acceptors (Lipinski definition) is 7. The van der Waals surface area contributed by atoms with E-state index in [9.17, 15) is 15.0 Å². The van der Waals surface area contributed by atoms with Gasteiger partial charge in [-0.1, -0.05) is 26.2 Å². The van der Waals surface area contributed by atoms with Gasteiger partial charge in [-0.3, -0.25) is 26.8 Å². The number of rotatable bonds is 7. The summed E-state index contributed by atoms with van der Waals surface area (Å²) in [4.78, 5) is 17.9. The fourth-order valence-electron chi connectivity index (χ4n) is 3.50. The van der Waals surface area contributed by atoms with E-state index in [-0.39, 0.29) is 19.0 Å². The first kappa shape index (κ1) is 21.2. The van der Waals surface area contributed by atoms with Crippen LogP contribution in [0.4, 0.5) is 4.79 Å².